The quantitative estimate of drug-likeness (QED) is 0.645. The summed E-state index contributed by atoms with van der Waals surface area (Å²) in [6, 6.07) is 13.5. The van der Waals surface area contributed by atoms with Gasteiger partial charge in [0, 0.05) is 11.6 Å². The second kappa shape index (κ2) is 8.18. The zero-order valence-electron chi connectivity index (χ0n) is 17.0. The van der Waals surface area contributed by atoms with Crippen molar-refractivity contribution in [3.63, 3.8) is 0 Å². The van der Waals surface area contributed by atoms with Crippen molar-refractivity contribution in [2.24, 2.45) is 0 Å². The number of nitrogens with one attached hydrogen (secondary N) is 1. The number of hydrogen-bond donors (Lipinski definition) is 1. The third kappa shape index (κ3) is 3.68. The van der Waals surface area contributed by atoms with E-state index in [2.05, 4.69) is 5.32 Å². The molecule has 2 atom stereocenters. The molecule has 1 aromatic heterocycles. The largest absolute Gasteiger partial charge is 0.497 e. The van der Waals surface area contributed by atoms with Crippen LogP contribution in [0.5, 0.6) is 23.0 Å². The number of carbonyl (C=O) groups is 2. The van der Waals surface area contributed by atoms with Crippen molar-refractivity contribution in [1.82, 2.24) is 5.32 Å². The number of alkyl carbamates (subject to hydrolysis) is 1. The van der Waals surface area contributed by atoms with Crippen molar-refractivity contribution in [2.45, 2.75) is 18.8 Å². The zero-order valence-corrected chi connectivity index (χ0v) is 17.0. The van der Waals surface area contributed by atoms with E-state index in [1.165, 1.54) is 13.4 Å². The van der Waals surface area contributed by atoms with Gasteiger partial charge in [-0.3, -0.25) is 4.79 Å². The predicted octanol–water partition coefficient (Wildman–Crippen LogP) is 3.63. The highest BCUT2D eigenvalue weighted by Gasteiger charge is 2.42. The molecule has 0 saturated heterocycles. The third-order valence-electron chi connectivity index (χ3n) is 5.19. The SMILES string of the molecule is COc1ccc2c(c1)O[C@H](c1ccc3c(c1)OCO3)[C@@H](OC(=O)NCc1ccco1)C2=O. The van der Waals surface area contributed by atoms with Crippen LogP contribution in [0.3, 0.4) is 0 Å². The van der Waals surface area contributed by atoms with Gasteiger partial charge in [0.15, 0.2) is 17.6 Å². The Morgan fingerprint density at radius 2 is 1.97 bits per heavy atom. The normalized spacial score (nSPS) is 18.5. The van der Waals surface area contributed by atoms with Crippen molar-refractivity contribution in [3.05, 3.63) is 71.7 Å². The van der Waals surface area contributed by atoms with Crippen molar-refractivity contribution >= 4 is 11.9 Å². The van der Waals surface area contributed by atoms with E-state index in [1.807, 2.05) is 0 Å². The molecule has 0 unspecified atom stereocenters. The number of ether oxygens (including phenoxy) is 5. The summed E-state index contributed by atoms with van der Waals surface area (Å²) in [6.45, 7) is 0.231. The van der Waals surface area contributed by atoms with Gasteiger partial charge >= 0.3 is 6.09 Å². The molecular formula is C23H19NO8. The molecule has 3 aromatic rings. The van der Waals surface area contributed by atoms with E-state index in [-0.39, 0.29) is 19.1 Å². The number of hydrogen-bond acceptors (Lipinski definition) is 8. The van der Waals surface area contributed by atoms with Crippen LogP contribution in [0.2, 0.25) is 0 Å². The lowest BCUT2D eigenvalue weighted by Crippen LogP contribution is -2.42. The standard InChI is InChI=1S/C23H19NO8/c1-27-14-5-6-16-18(10-14)31-21(13-4-7-17-19(9-13)30-12-29-17)22(20(16)25)32-23(26)24-11-15-3-2-8-28-15/h2-10,21-22H,11-12H2,1H3,(H,24,26)/t21-,22+/m1/s1. The van der Waals surface area contributed by atoms with Crippen molar-refractivity contribution in [1.29, 1.82) is 0 Å². The fourth-order valence-electron chi connectivity index (χ4n) is 3.60. The van der Waals surface area contributed by atoms with Gasteiger partial charge in [0.05, 0.1) is 25.5 Å². The molecule has 0 radical (unpaired) electrons. The number of rotatable bonds is 5. The molecule has 1 N–H and O–H groups in total. The van der Waals surface area contributed by atoms with Crippen LogP contribution < -0.4 is 24.3 Å². The van der Waals surface area contributed by atoms with Crippen LogP contribution in [0.4, 0.5) is 4.79 Å². The summed E-state index contributed by atoms with van der Waals surface area (Å²) in [7, 11) is 1.52. The minimum absolute atomic E-state index is 0.110. The maximum atomic E-state index is 13.3. The Labute approximate surface area is 182 Å². The number of carbonyl (C=O) groups excluding carboxylic acids is 2. The highest BCUT2D eigenvalue weighted by atomic mass is 16.7. The van der Waals surface area contributed by atoms with Crippen molar-refractivity contribution in [3.8, 4) is 23.0 Å². The number of fused-ring (bicyclic) bond motifs is 2. The van der Waals surface area contributed by atoms with E-state index in [0.717, 1.165) is 0 Å². The van der Waals surface area contributed by atoms with Crippen LogP contribution >= 0.6 is 0 Å². The van der Waals surface area contributed by atoms with Gasteiger partial charge in [0.25, 0.3) is 0 Å². The first-order valence-corrected chi connectivity index (χ1v) is 9.87. The molecule has 2 aliphatic rings. The fraction of sp³-hybridized carbons (Fsp3) is 0.217. The number of methoxy groups -OCH3 is 1. The number of benzene rings is 2. The Balaban J connectivity index is 1.44. The molecule has 164 valence electrons. The molecule has 2 aromatic carbocycles. The van der Waals surface area contributed by atoms with Gasteiger partial charge < -0.3 is 33.4 Å². The maximum absolute atomic E-state index is 13.3. The Bertz CT molecular complexity index is 1160. The van der Waals surface area contributed by atoms with E-state index >= 15 is 0 Å². The highest BCUT2D eigenvalue weighted by Crippen LogP contribution is 2.41. The summed E-state index contributed by atoms with van der Waals surface area (Å²) in [6.07, 6.45) is -1.38. The van der Waals surface area contributed by atoms with Crippen LogP contribution in [0.1, 0.15) is 27.8 Å². The summed E-state index contributed by atoms with van der Waals surface area (Å²) in [5.41, 5.74) is 0.895. The minimum atomic E-state index is -1.21. The van der Waals surface area contributed by atoms with E-state index in [4.69, 9.17) is 28.1 Å². The zero-order chi connectivity index (χ0) is 22.1. The first kappa shape index (κ1) is 19.8. The van der Waals surface area contributed by atoms with Crippen LogP contribution in [-0.2, 0) is 11.3 Å². The molecular weight excluding hydrogens is 418 g/mol. The average molecular weight is 437 g/mol. The Morgan fingerprint density at radius 3 is 2.78 bits per heavy atom. The molecule has 32 heavy (non-hydrogen) atoms. The lowest BCUT2D eigenvalue weighted by molar-refractivity contribution is 0.00873. The molecule has 9 heteroatoms. The van der Waals surface area contributed by atoms with Crippen LogP contribution in [0.15, 0.2) is 59.2 Å². The lowest BCUT2D eigenvalue weighted by Gasteiger charge is -2.32. The van der Waals surface area contributed by atoms with E-state index in [1.54, 1.807) is 48.5 Å². The molecule has 3 heterocycles. The Hall–Kier alpha value is -4.14. The van der Waals surface area contributed by atoms with Crippen LogP contribution in [-0.4, -0.2) is 31.9 Å². The second-order valence-electron chi connectivity index (χ2n) is 7.14. The lowest BCUT2D eigenvalue weighted by atomic mass is 9.93. The van der Waals surface area contributed by atoms with Gasteiger partial charge in [-0.1, -0.05) is 6.07 Å². The molecule has 0 bridgehead atoms. The smallest absolute Gasteiger partial charge is 0.408 e. The van der Waals surface area contributed by atoms with Crippen molar-refractivity contribution in [2.75, 3.05) is 13.9 Å². The van der Waals surface area contributed by atoms with Crippen LogP contribution in [0.25, 0.3) is 0 Å². The Kier molecular flexibility index (Phi) is 5.06. The average Bonchev–Trinajstić information content (AvgIpc) is 3.50. The molecule has 5 rings (SSSR count). The predicted molar refractivity (Wildman–Crippen MR) is 109 cm³/mol. The van der Waals surface area contributed by atoms with Gasteiger partial charge in [-0.25, -0.2) is 4.79 Å². The molecule has 1 amide bonds. The monoisotopic (exact) mass is 437 g/mol. The second-order valence-corrected chi connectivity index (χ2v) is 7.14. The van der Waals surface area contributed by atoms with Crippen LogP contribution in [0, 0.1) is 0 Å². The molecule has 0 aliphatic carbocycles. The molecule has 2 aliphatic heterocycles. The molecule has 9 nitrogen and oxygen atoms in total. The molecule has 0 saturated carbocycles. The first-order valence-electron chi connectivity index (χ1n) is 9.87. The van der Waals surface area contributed by atoms with E-state index in [0.29, 0.717) is 39.9 Å². The fourth-order valence-corrected chi connectivity index (χ4v) is 3.60. The number of Topliss-reactive ketones (excluding diaryl/α,β-unsaturated/α-hetero) is 1. The van der Waals surface area contributed by atoms with Gasteiger partial charge in [0.1, 0.15) is 17.3 Å². The number of ketones is 1. The number of amides is 1. The summed E-state index contributed by atoms with van der Waals surface area (Å²) in [4.78, 5) is 25.8. The van der Waals surface area contributed by atoms with Gasteiger partial charge in [0.2, 0.25) is 18.7 Å². The molecule has 0 fully saturated rings. The first-order chi connectivity index (χ1) is 15.6. The minimum Gasteiger partial charge on any atom is -0.497 e. The van der Waals surface area contributed by atoms with Gasteiger partial charge in [-0.05, 0) is 36.4 Å². The van der Waals surface area contributed by atoms with Gasteiger partial charge in [-0.2, -0.15) is 0 Å². The summed E-state index contributed by atoms with van der Waals surface area (Å²) >= 11 is 0. The number of furan rings is 1. The van der Waals surface area contributed by atoms with Crippen molar-refractivity contribution < 1.29 is 37.7 Å². The third-order valence-corrected chi connectivity index (χ3v) is 5.19. The Morgan fingerprint density at radius 1 is 1.09 bits per heavy atom. The molecule has 0 spiro atoms. The summed E-state index contributed by atoms with van der Waals surface area (Å²) in [5.74, 6) is 2.16. The maximum Gasteiger partial charge on any atom is 0.408 e. The summed E-state index contributed by atoms with van der Waals surface area (Å²) < 4.78 is 32.9. The van der Waals surface area contributed by atoms with E-state index in [9.17, 15) is 9.59 Å². The summed E-state index contributed by atoms with van der Waals surface area (Å²) in [5, 5.41) is 2.58. The van der Waals surface area contributed by atoms with E-state index < -0.39 is 18.3 Å². The highest BCUT2D eigenvalue weighted by molar-refractivity contribution is 6.04. The van der Waals surface area contributed by atoms with Gasteiger partial charge in [-0.15, -0.1) is 0 Å². The topological polar surface area (TPSA) is 105 Å².